The Balaban J connectivity index is 1.82. The van der Waals surface area contributed by atoms with E-state index in [1.807, 2.05) is 41.2 Å². The van der Waals surface area contributed by atoms with Gasteiger partial charge in [-0.25, -0.2) is 9.97 Å². The predicted molar refractivity (Wildman–Crippen MR) is 78.5 cm³/mol. The average Bonchev–Trinajstić information content (AvgIpc) is 3.05. The lowest BCUT2D eigenvalue weighted by Crippen LogP contribution is -2.23. The van der Waals surface area contributed by atoms with Gasteiger partial charge in [0.25, 0.3) is 0 Å². The molecule has 0 radical (unpaired) electrons. The van der Waals surface area contributed by atoms with Crippen LogP contribution in [0.15, 0.2) is 43.0 Å². The van der Waals surface area contributed by atoms with E-state index in [1.54, 1.807) is 0 Å². The highest BCUT2D eigenvalue weighted by Gasteiger charge is 2.09. The van der Waals surface area contributed by atoms with Crippen molar-refractivity contribution in [3.8, 4) is 0 Å². The lowest BCUT2D eigenvalue weighted by atomic mass is 10.1. The maximum Gasteiger partial charge on any atom is 0.137 e. The Hall–Kier alpha value is -2.14. The number of nitrogens with two attached hydrogens (primary N) is 1. The van der Waals surface area contributed by atoms with Crippen LogP contribution >= 0.6 is 0 Å². The molecule has 1 unspecified atom stereocenters. The highest BCUT2D eigenvalue weighted by molar-refractivity contribution is 5.39. The number of aromatic nitrogens is 4. The number of pyridine rings is 1. The molecule has 0 aromatic carbocycles. The van der Waals surface area contributed by atoms with Crippen LogP contribution in [0.4, 0.5) is 0 Å². The summed E-state index contributed by atoms with van der Waals surface area (Å²) in [6.07, 6.45) is 9.64. The largest absolute Gasteiger partial charge is 0.329 e. The van der Waals surface area contributed by atoms with Gasteiger partial charge in [0.2, 0.25) is 0 Å². The van der Waals surface area contributed by atoms with Crippen molar-refractivity contribution in [3.63, 3.8) is 0 Å². The van der Waals surface area contributed by atoms with Gasteiger partial charge in [-0.15, -0.1) is 0 Å². The second-order valence-electron chi connectivity index (χ2n) is 5.04. The summed E-state index contributed by atoms with van der Waals surface area (Å²) in [7, 11) is 0. The predicted octanol–water partition coefficient (Wildman–Crippen LogP) is 1.86. The topological polar surface area (TPSA) is 61.1 Å². The van der Waals surface area contributed by atoms with Gasteiger partial charge in [0.05, 0.1) is 12.2 Å². The Morgan fingerprint density at radius 3 is 3.00 bits per heavy atom. The summed E-state index contributed by atoms with van der Waals surface area (Å²) in [6, 6.07) is 6.17. The fourth-order valence-corrected chi connectivity index (χ4v) is 2.29. The minimum atomic E-state index is 0.164. The van der Waals surface area contributed by atoms with Crippen LogP contribution in [0, 0.1) is 0 Å². The third-order valence-corrected chi connectivity index (χ3v) is 3.52. The van der Waals surface area contributed by atoms with Crippen LogP contribution in [0.25, 0.3) is 5.65 Å². The first kappa shape index (κ1) is 12.9. The SMILES string of the molecule is CCC(N)Cc1nccn1Cc1cn2ccccc2n1. The van der Waals surface area contributed by atoms with Gasteiger partial charge in [-0.3, -0.25) is 0 Å². The Kier molecular flexibility index (Phi) is 3.52. The number of rotatable bonds is 5. The molecule has 0 fully saturated rings. The zero-order valence-corrected chi connectivity index (χ0v) is 11.6. The summed E-state index contributed by atoms with van der Waals surface area (Å²) in [5, 5.41) is 0. The van der Waals surface area contributed by atoms with E-state index in [0.717, 1.165) is 36.6 Å². The molecular weight excluding hydrogens is 250 g/mol. The Labute approximate surface area is 118 Å². The summed E-state index contributed by atoms with van der Waals surface area (Å²) in [6.45, 7) is 2.83. The van der Waals surface area contributed by atoms with Crippen LogP contribution in [0.3, 0.4) is 0 Å². The van der Waals surface area contributed by atoms with Crippen molar-refractivity contribution in [3.05, 3.63) is 54.5 Å². The van der Waals surface area contributed by atoms with Gasteiger partial charge in [0, 0.05) is 37.3 Å². The lowest BCUT2D eigenvalue weighted by molar-refractivity contribution is 0.595. The normalized spacial score (nSPS) is 12.9. The first-order valence-corrected chi connectivity index (χ1v) is 6.94. The van der Waals surface area contributed by atoms with Crippen LogP contribution < -0.4 is 5.73 Å². The second-order valence-corrected chi connectivity index (χ2v) is 5.04. The molecular formula is C15H19N5. The molecule has 5 heteroatoms. The number of fused-ring (bicyclic) bond motifs is 1. The maximum absolute atomic E-state index is 6.01. The van der Waals surface area contributed by atoms with Gasteiger partial charge in [-0.1, -0.05) is 13.0 Å². The first-order chi connectivity index (χ1) is 9.76. The van der Waals surface area contributed by atoms with Gasteiger partial charge in [-0.05, 0) is 18.6 Å². The summed E-state index contributed by atoms with van der Waals surface area (Å²) in [5.41, 5.74) is 8.01. The summed E-state index contributed by atoms with van der Waals surface area (Å²) >= 11 is 0. The van der Waals surface area contributed by atoms with E-state index in [0.29, 0.717) is 0 Å². The quantitative estimate of drug-likeness (QED) is 0.769. The highest BCUT2D eigenvalue weighted by Crippen LogP contribution is 2.09. The molecule has 3 aromatic heterocycles. The number of imidazole rings is 2. The molecule has 3 heterocycles. The van der Waals surface area contributed by atoms with Gasteiger partial charge in [-0.2, -0.15) is 0 Å². The third kappa shape index (κ3) is 2.58. The van der Waals surface area contributed by atoms with E-state index in [-0.39, 0.29) is 6.04 Å². The van der Waals surface area contributed by atoms with Crippen molar-refractivity contribution in [1.29, 1.82) is 0 Å². The smallest absolute Gasteiger partial charge is 0.137 e. The fourth-order valence-electron chi connectivity index (χ4n) is 2.29. The minimum absolute atomic E-state index is 0.164. The Bertz CT molecular complexity index is 664. The van der Waals surface area contributed by atoms with E-state index in [4.69, 9.17) is 5.73 Å². The van der Waals surface area contributed by atoms with Gasteiger partial charge in [0.15, 0.2) is 0 Å². The van der Waals surface area contributed by atoms with Crippen LogP contribution in [0.1, 0.15) is 24.9 Å². The molecule has 20 heavy (non-hydrogen) atoms. The minimum Gasteiger partial charge on any atom is -0.329 e. The molecule has 5 nitrogen and oxygen atoms in total. The molecule has 3 rings (SSSR count). The van der Waals surface area contributed by atoms with E-state index in [2.05, 4.69) is 27.7 Å². The monoisotopic (exact) mass is 269 g/mol. The van der Waals surface area contributed by atoms with Crippen LogP contribution in [0.2, 0.25) is 0 Å². The molecule has 0 amide bonds. The average molecular weight is 269 g/mol. The van der Waals surface area contributed by atoms with Crippen LogP contribution in [-0.2, 0) is 13.0 Å². The number of hydrogen-bond donors (Lipinski definition) is 1. The van der Waals surface area contributed by atoms with Gasteiger partial charge in [0.1, 0.15) is 11.5 Å². The molecule has 0 aliphatic carbocycles. The molecule has 0 aliphatic rings. The third-order valence-electron chi connectivity index (χ3n) is 3.52. The molecule has 2 N–H and O–H groups in total. The Morgan fingerprint density at radius 1 is 1.30 bits per heavy atom. The fraction of sp³-hybridized carbons (Fsp3) is 0.333. The summed E-state index contributed by atoms with van der Waals surface area (Å²) in [4.78, 5) is 9.01. The molecule has 0 spiro atoms. The van der Waals surface area contributed by atoms with E-state index in [9.17, 15) is 0 Å². The Morgan fingerprint density at radius 2 is 2.20 bits per heavy atom. The zero-order chi connectivity index (χ0) is 13.9. The van der Waals surface area contributed by atoms with E-state index < -0.39 is 0 Å². The molecule has 1 atom stereocenters. The standard InChI is InChI=1S/C15H19N5/c1-2-12(16)9-15-17-6-8-20(15)11-13-10-19-7-4-3-5-14(19)18-13/h3-8,10,12H,2,9,11,16H2,1H3. The van der Waals surface area contributed by atoms with Crippen molar-refractivity contribution in [2.24, 2.45) is 5.73 Å². The first-order valence-electron chi connectivity index (χ1n) is 6.94. The molecule has 3 aromatic rings. The van der Waals surface area contributed by atoms with Crippen LogP contribution in [0.5, 0.6) is 0 Å². The maximum atomic E-state index is 6.01. The van der Waals surface area contributed by atoms with Crippen molar-refractivity contribution in [2.45, 2.75) is 32.4 Å². The van der Waals surface area contributed by atoms with Crippen LogP contribution in [-0.4, -0.2) is 25.0 Å². The zero-order valence-electron chi connectivity index (χ0n) is 11.6. The van der Waals surface area contributed by atoms with E-state index >= 15 is 0 Å². The molecule has 0 saturated heterocycles. The van der Waals surface area contributed by atoms with Crippen molar-refractivity contribution < 1.29 is 0 Å². The second kappa shape index (κ2) is 5.46. The number of nitrogens with zero attached hydrogens (tertiary/aromatic N) is 4. The summed E-state index contributed by atoms with van der Waals surface area (Å²) < 4.78 is 4.15. The molecule has 104 valence electrons. The van der Waals surface area contributed by atoms with E-state index in [1.165, 1.54) is 0 Å². The summed E-state index contributed by atoms with van der Waals surface area (Å²) in [5.74, 6) is 1.02. The highest BCUT2D eigenvalue weighted by atomic mass is 15.1. The van der Waals surface area contributed by atoms with Gasteiger partial charge < -0.3 is 14.7 Å². The molecule has 0 saturated carbocycles. The van der Waals surface area contributed by atoms with Gasteiger partial charge >= 0.3 is 0 Å². The van der Waals surface area contributed by atoms with Crippen molar-refractivity contribution in [1.82, 2.24) is 18.9 Å². The number of hydrogen-bond acceptors (Lipinski definition) is 3. The molecule has 0 bridgehead atoms. The van der Waals surface area contributed by atoms with Crippen molar-refractivity contribution in [2.75, 3.05) is 0 Å². The lowest BCUT2D eigenvalue weighted by Gasteiger charge is -2.10. The van der Waals surface area contributed by atoms with Crippen molar-refractivity contribution >= 4 is 5.65 Å². The molecule has 0 aliphatic heterocycles.